The zero-order chi connectivity index (χ0) is 25.7. The number of rotatable bonds is 5. The molecule has 7 nitrogen and oxygen atoms in total. The van der Waals surface area contributed by atoms with Crippen LogP contribution in [0.15, 0.2) is 18.2 Å². The van der Waals surface area contributed by atoms with E-state index in [-0.39, 0.29) is 52.0 Å². The quantitative estimate of drug-likeness (QED) is 0.551. The molecule has 3 unspecified atom stereocenters. The normalized spacial score (nSPS) is 34.8. The van der Waals surface area contributed by atoms with Crippen LogP contribution in [0.2, 0.25) is 0 Å². The first-order valence-corrected chi connectivity index (χ1v) is 13.4. The van der Waals surface area contributed by atoms with Gasteiger partial charge in [-0.15, -0.1) is 0 Å². The number of likely N-dealkylation sites (tertiary alicyclic amines) is 1. The highest BCUT2D eigenvalue weighted by atomic mass is 19.1. The van der Waals surface area contributed by atoms with E-state index in [4.69, 9.17) is 4.74 Å². The molecule has 1 aromatic rings. The monoisotopic (exact) mass is 499 g/mol. The number of carbonyl (C=O) groups excluding carboxylic acids is 3. The number of urea groups is 1. The largest absolute Gasteiger partial charge is 0.466 e. The van der Waals surface area contributed by atoms with Crippen LogP contribution >= 0.6 is 0 Å². The molecule has 4 aliphatic carbocycles. The van der Waals surface area contributed by atoms with Gasteiger partial charge in [-0.25, -0.2) is 9.18 Å². The van der Waals surface area contributed by atoms with Gasteiger partial charge in [0.25, 0.3) is 5.91 Å². The van der Waals surface area contributed by atoms with Gasteiger partial charge in [0.05, 0.1) is 18.2 Å². The third-order valence-electron chi connectivity index (χ3n) is 8.80. The minimum Gasteiger partial charge on any atom is -0.466 e. The Morgan fingerprint density at radius 1 is 1.11 bits per heavy atom. The lowest BCUT2D eigenvalue weighted by atomic mass is 9.43. The van der Waals surface area contributed by atoms with E-state index in [1.807, 2.05) is 0 Å². The Kier molecular flexibility index (Phi) is 6.28. The highest BCUT2D eigenvalue weighted by molar-refractivity contribution is 5.96. The number of hydrogen-bond donors (Lipinski definition) is 2. The summed E-state index contributed by atoms with van der Waals surface area (Å²) in [6, 6.07) is 3.74. The molecule has 0 spiro atoms. The van der Waals surface area contributed by atoms with Gasteiger partial charge < -0.3 is 20.3 Å². The SMILES string of the molecule is CCOC(=O)C1CCCN(C(=O)c2ccc(NC(=O)NC34CC5C[C@@](C)(C3)C[C@](C)(C5)C4)c(F)c2)C1. The van der Waals surface area contributed by atoms with E-state index >= 15 is 0 Å². The van der Waals surface area contributed by atoms with Crippen molar-refractivity contribution < 1.29 is 23.5 Å². The average molecular weight is 500 g/mol. The van der Waals surface area contributed by atoms with Gasteiger partial charge >= 0.3 is 12.0 Å². The summed E-state index contributed by atoms with van der Waals surface area (Å²) in [6.45, 7) is 7.53. The number of amides is 3. The van der Waals surface area contributed by atoms with Crippen molar-refractivity contribution in [2.45, 2.75) is 77.7 Å². The van der Waals surface area contributed by atoms with E-state index in [1.165, 1.54) is 37.5 Å². The summed E-state index contributed by atoms with van der Waals surface area (Å²) in [6.07, 6.45) is 7.97. The van der Waals surface area contributed by atoms with Gasteiger partial charge in [-0.1, -0.05) is 13.8 Å². The third kappa shape index (κ3) is 4.83. The fraction of sp³-hybridized carbons (Fsp3) is 0.679. The van der Waals surface area contributed by atoms with Gasteiger partial charge in [0.2, 0.25) is 0 Å². The van der Waals surface area contributed by atoms with E-state index in [0.717, 1.165) is 19.3 Å². The van der Waals surface area contributed by atoms with Crippen molar-refractivity contribution in [2.24, 2.45) is 22.7 Å². The molecule has 1 aromatic carbocycles. The lowest BCUT2D eigenvalue weighted by Crippen LogP contribution is -2.65. The molecular formula is C28H38FN3O4. The number of piperidine rings is 1. The molecule has 5 atom stereocenters. The molecule has 1 aliphatic heterocycles. The molecule has 5 fully saturated rings. The average Bonchev–Trinajstić information content (AvgIpc) is 2.77. The van der Waals surface area contributed by atoms with Gasteiger partial charge in [0, 0.05) is 24.2 Å². The Hall–Kier alpha value is -2.64. The summed E-state index contributed by atoms with van der Waals surface area (Å²) in [5.41, 5.74) is 0.535. The van der Waals surface area contributed by atoms with Crippen LogP contribution < -0.4 is 10.6 Å². The first kappa shape index (κ1) is 25.0. The van der Waals surface area contributed by atoms with E-state index < -0.39 is 11.8 Å². The number of benzene rings is 1. The molecular weight excluding hydrogens is 461 g/mol. The maximum Gasteiger partial charge on any atom is 0.319 e. The summed E-state index contributed by atoms with van der Waals surface area (Å²) in [7, 11) is 0. The van der Waals surface area contributed by atoms with E-state index in [0.29, 0.717) is 31.9 Å². The summed E-state index contributed by atoms with van der Waals surface area (Å²) in [5.74, 6) is -0.995. The fourth-order valence-electron chi connectivity index (χ4n) is 8.53. The summed E-state index contributed by atoms with van der Waals surface area (Å²) >= 11 is 0. The lowest BCUT2D eigenvalue weighted by Gasteiger charge is -2.65. The number of carbonyl (C=O) groups is 3. The van der Waals surface area contributed by atoms with Crippen molar-refractivity contribution in [3.05, 3.63) is 29.6 Å². The Balaban J connectivity index is 1.22. The smallest absolute Gasteiger partial charge is 0.319 e. The number of anilines is 1. The van der Waals surface area contributed by atoms with E-state index in [2.05, 4.69) is 24.5 Å². The van der Waals surface area contributed by atoms with Gasteiger partial charge in [-0.2, -0.15) is 0 Å². The highest BCUT2D eigenvalue weighted by Crippen LogP contribution is 2.66. The molecule has 5 aliphatic rings. The van der Waals surface area contributed by atoms with Crippen LogP contribution in [0.5, 0.6) is 0 Å². The standard InChI is InChI=1S/C28H38FN3O4/c1-4-36-24(34)20-6-5-9-32(14-20)23(33)19-7-8-22(21(29)10-19)30-25(35)31-28-13-18-11-26(2,16-28)15-27(3,12-18)17-28/h7-8,10,18,20H,4-6,9,11-17H2,1-3H3,(H2,30,31,35)/t18?,20?,26-,27+,28?. The van der Waals surface area contributed by atoms with Gasteiger partial charge in [-0.3, -0.25) is 9.59 Å². The second-order valence-corrected chi connectivity index (χ2v) is 12.5. The van der Waals surface area contributed by atoms with Gasteiger partial charge in [0.15, 0.2) is 0 Å². The zero-order valence-corrected chi connectivity index (χ0v) is 21.6. The molecule has 1 heterocycles. The lowest BCUT2D eigenvalue weighted by molar-refractivity contribution is -0.149. The first-order valence-electron chi connectivity index (χ1n) is 13.4. The molecule has 0 radical (unpaired) electrons. The number of esters is 1. The third-order valence-corrected chi connectivity index (χ3v) is 8.80. The fourth-order valence-corrected chi connectivity index (χ4v) is 8.53. The number of halogens is 1. The van der Waals surface area contributed by atoms with Crippen molar-refractivity contribution in [1.82, 2.24) is 10.2 Å². The molecule has 4 saturated carbocycles. The number of ether oxygens (including phenoxy) is 1. The Morgan fingerprint density at radius 3 is 2.47 bits per heavy atom. The Morgan fingerprint density at radius 2 is 1.83 bits per heavy atom. The van der Waals surface area contributed by atoms with E-state index in [1.54, 1.807) is 11.8 Å². The van der Waals surface area contributed by atoms with Gasteiger partial charge in [0.1, 0.15) is 5.82 Å². The number of hydrogen-bond acceptors (Lipinski definition) is 4. The molecule has 4 bridgehead atoms. The summed E-state index contributed by atoms with van der Waals surface area (Å²) in [4.78, 5) is 39.6. The first-order chi connectivity index (χ1) is 17.0. The maximum atomic E-state index is 15.0. The topological polar surface area (TPSA) is 87.7 Å². The molecule has 196 valence electrons. The van der Waals surface area contributed by atoms with Crippen LogP contribution in [0.4, 0.5) is 14.9 Å². The second-order valence-electron chi connectivity index (χ2n) is 12.5. The molecule has 6 rings (SSSR count). The number of nitrogens with zero attached hydrogens (tertiary/aromatic N) is 1. The highest BCUT2D eigenvalue weighted by Gasteiger charge is 2.60. The van der Waals surface area contributed by atoms with Crippen LogP contribution in [-0.2, 0) is 9.53 Å². The van der Waals surface area contributed by atoms with Crippen molar-refractivity contribution >= 4 is 23.6 Å². The van der Waals surface area contributed by atoms with Crippen molar-refractivity contribution in [2.75, 3.05) is 25.0 Å². The second kappa shape index (κ2) is 9.03. The maximum absolute atomic E-state index is 15.0. The van der Waals surface area contributed by atoms with Crippen LogP contribution in [0, 0.1) is 28.5 Å². The summed E-state index contributed by atoms with van der Waals surface area (Å²) < 4.78 is 20.1. The number of nitrogens with one attached hydrogen (secondary N) is 2. The van der Waals surface area contributed by atoms with Crippen molar-refractivity contribution in [3.63, 3.8) is 0 Å². The van der Waals surface area contributed by atoms with Crippen LogP contribution in [0.25, 0.3) is 0 Å². The molecule has 1 saturated heterocycles. The van der Waals surface area contributed by atoms with Crippen molar-refractivity contribution in [3.8, 4) is 0 Å². The molecule has 8 heteroatoms. The minimum atomic E-state index is -0.653. The Bertz CT molecular complexity index is 1060. The molecule has 3 amide bonds. The van der Waals surface area contributed by atoms with E-state index in [9.17, 15) is 18.8 Å². The Labute approximate surface area is 212 Å². The molecule has 0 aromatic heterocycles. The molecule has 2 N–H and O–H groups in total. The van der Waals surface area contributed by atoms with Crippen LogP contribution in [0.3, 0.4) is 0 Å². The zero-order valence-electron chi connectivity index (χ0n) is 21.6. The molecule has 36 heavy (non-hydrogen) atoms. The minimum absolute atomic E-state index is 0.0502. The van der Waals surface area contributed by atoms with Crippen LogP contribution in [0.1, 0.15) is 82.5 Å². The summed E-state index contributed by atoms with van der Waals surface area (Å²) in [5, 5.41) is 5.91. The van der Waals surface area contributed by atoms with Crippen molar-refractivity contribution in [1.29, 1.82) is 0 Å². The van der Waals surface area contributed by atoms with Gasteiger partial charge in [-0.05, 0) is 93.2 Å². The predicted molar refractivity (Wildman–Crippen MR) is 134 cm³/mol. The van der Waals surface area contributed by atoms with Crippen LogP contribution in [-0.4, -0.2) is 48.0 Å². The predicted octanol–water partition coefficient (Wildman–Crippen LogP) is 5.11.